The van der Waals surface area contributed by atoms with E-state index in [1.54, 1.807) is 0 Å². The number of hydrogen-bond donors (Lipinski definition) is 1. The summed E-state index contributed by atoms with van der Waals surface area (Å²) in [4.78, 5) is 14.9. The minimum Gasteiger partial charge on any atom is -0.492 e. The fourth-order valence-electron chi connectivity index (χ4n) is 3.34. The first-order valence-corrected chi connectivity index (χ1v) is 7.46. The second kappa shape index (κ2) is 5.44. The van der Waals surface area contributed by atoms with Gasteiger partial charge in [0.2, 0.25) is 5.91 Å². The van der Waals surface area contributed by atoms with E-state index in [0.717, 1.165) is 37.1 Å². The van der Waals surface area contributed by atoms with E-state index < -0.39 is 0 Å². The van der Waals surface area contributed by atoms with Gasteiger partial charge in [0.1, 0.15) is 18.3 Å². The van der Waals surface area contributed by atoms with Crippen molar-refractivity contribution in [2.75, 3.05) is 13.2 Å². The molecule has 3 atom stereocenters. The van der Waals surface area contributed by atoms with Gasteiger partial charge in [-0.1, -0.05) is 18.2 Å². The van der Waals surface area contributed by atoms with Crippen LogP contribution in [-0.2, 0) is 4.79 Å². The zero-order chi connectivity index (χ0) is 14.1. The number of benzene rings is 1. The van der Waals surface area contributed by atoms with Gasteiger partial charge in [0.05, 0.1) is 0 Å². The molecule has 0 radical (unpaired) electrons. The predicted octanol–water partition coefficient (Wildman–Crippen LogP) is 1.89. The van der Waals surface area contributed by atoms with Gasteiger partial charge in [-0.3, -0.25) is 4.79 Å². The first kappa shape index (κ1) is 13.4. The number of carbonyl (C=O) groups is 1. The second-order valence-electron chi connectivity index (χ2n) is 5.86. The summed E-state index contributed by atoms with van der Waals surface area (Å²) in [5.74, 6) is 0.864. The van der Waals surface area contributed by atoms with Crippen LogP contribution in [0.5, 0.6) is 5.75 Å². The Balaban J connectivity index is 1.82. The molecule has 1 aromatic rings. The Morgan fingerprint density at radius 1 is 1.40 bits per heavy atom. The summed E-state index contributed by atoms with van der Waals surface area (Å²) in [6.45, 7) is 3.28. The van der Waals surface area contributed by atoms with Gasteiger partial charge in [0.15, 0.2) is 0 Å². The van der Waals surface area contributed by atoms with Crippen molar-refractivity contribution in [3.05, 3.63) is 29.8 Å². The molecule has 108 valence electrons. The summed E-state index contributed by atoms with van der Waals surface area (Å²) in [6.07, 6.45) is 3.25. The molecule has 2 aliphatic rings. The summed E-state index contributed by atoms with van der Waals surface area (Å²) in [5, 5.41) is 0. The Kier molecular flexibility index (Phi) is 3.66. The van der Waals surface area contributed by atoms with Gasteiger partial charge in [0, 0.05) is 24.2 Å². The van der Waals surface area contributed by atoms with Crippen molar-refractivity contribution in [1.29, 1.82) is 0 Å². The van der Waals surface area contributed by atoms with E-state index in [1.807, 2.05) is 36.1 Å². The number of carbonyl (C=O) groups excluding carboxylic acids is 1. The van der Waals surface area contributed by atoms with Crippen molar-refractivity contribution in [3.63, 3.8) is 0 Å². The number of rotatable bonds is 2. The Morgan fingerprint density at radius 3 is 3.00 bits per heavy atom. The lowest BCUT2D eigenvalue weighted by Crippen LogP contribution is -2.53. The molecule has 2 heterocycles. The zero-order valence-electron chi connectivity index (χ0n) is 11.9. The Bertz CT molecular complexity index is 501. The Hall–Kier alpha value is -1.55. The first-order valence-electron chi connectivity index (χ1n) is 7.46. The molecule has 0 saturated carbocycles. The third kappa shape index (κ3) is 2.29. The maximum atomic E-state index is 12.9. The number of nitrogens with zero attached hydrogens (tertiary/aromatic N) is 1. The fraction of sp³-hybridized carbons (Fsp3) is 0.562. The summed E-state index contributed by atoms with van der Waals surface area (Å²) >= 11 is 0. The monoisotopic (exact) mass is 274 g/mol. The van der Waals surface area contributed by atoms with Gasteiger partial charge in [-0.15, -0.1) is 0 Å². The summed E-state index contributed by atoms with van der Waals surface area (Å²) < 4.78 is 5.64. The molecule has 2 aliphatic heterocycles. The molecule has 3 unspecified atom stereocenters. The Morgan fingerprint density at radius 2 is 2.20 bits per heavy atom. The average Bonchev–Trinajstić information content (AvgIpc) is 2.90. The molecular weight excluding hydrogens is 252 g/mol. The minimum absolute atomic E-state index is 0.0248. The maximum absolute atomic E-state index is 12.9. The normalized spacial score (nSPS) is 26.8. The number of para-hydroxylation sites is 1. The van der Waals surface area contributed by atoms with E-state index in [9.17, 15) is 4.79 Å². The second-order valence-corrected chi connectivity index (χ2v) is 5.86. The lowest BCUT2D eigenvalue weighted by Gasteiger charge is -2.39. The molecule has 1 fully saturated rings. The van der Waals surface area contributed by atoms with E-state index in [-0.39, 0.29) is 23.9 Å². The van der Waals surface area contributed by atoms with E-state index in [2.05, 4.69) is 0 Å². The average molecular weight is 274 g/mol. The van der Waals surface area contributed by atoms with Gasteiger partial charge in [0.25, 0.3) is 0 Å². The van der Waals surface area contributed by atoms with Crippen molar-refractivity contribution in [3.8, 4) is 5.75 Å². The van der Waals surface area contributed by atoms with Crippen molar-refractivity contribution >= 4 is 5.91 Å². The highest BCUT2D eigenvalue weighted by Crippen LogP contribution is 2.36. The SMILES string of the molecule is CC(N)C1CCCCN1C(=O)C1COc2ccccc21. The van der Waals surface area contributed by atoms with Crippen LogP contribution in [0.2, 0.25) is 0 Å². The van der Waals surface area contributed by atoms with Crippen LogP contribution in [0.1, 0.15) is 37.7 Å². The van der Waals surface area contributed by atoms with Crippen molar-refractivity contribution < 1.29 is 9.53 Å². The van der Waals surface area contributed by atoms with Gasteiger partial charge in [-0.2, -0.15) is 0 Å². The van der Waals surface area contributed by atoms with E-state index in [1.165, 1.54) is 0 Å². The number of hydrogen-bond acceptors (Lipinski definition) is 3. The number of amides is 1. The standard InChI is InChI=1S/C16H22N2O2/c1-11(17)14-7-4-5-9-18(14)16(19)13-10-20-15-8-3-2-6-12(13)15/h2-3,6,8,11,13-14H,4-5,7,9-10,17H2,1H3. The van der Waals surface area contributed by atoms with Gasteiger partial charge in [-0.25, -0.2) is 0 Å². The van der Waals surface area contributed by atoms with E-state index in [4.69, 9.17) is 10.5 Å². The molecule has 20 heavy (non-hydrogen) atoms. The van der Waals surface area contributed by atoms with Crippen LogP contribution in [-0.4, -0.2) is 36.0 Å². The molecule has 1 amide bonds. The van der Waals surface area contributed by atoms with E-state index >= 15 is 0 Å². The maximum Gasteiger partial charge on any atom is 0.234 e. The number of likely N-dealkylation sites (tertiary alicyclic amines) is 1. The molecule has 4 nitrogen and oxygen atoms in total. The van der Waals surface area contributed by atoms with Crippen LogP contribution in [0.3, 0.4) is 0 Å². The predicted molar refractivity (Wildman–Crippen MR) is 77.7 cm³/mol. The third-order valence-corrected chi connectivity index (χ3v) is 4.44. The Labute approximate surface area is 119 Å². The highest BCUT2D eigenvalue weighted by molar-refractivity contribution is 5.86. The summed E-state index contributed by atoms with van der Waals surface area (Å²) in [5.41, 5.74) is 7.08. The van der Waals surface area contributed by atoms with Gasteiger partial charge in [-0.05, 0) is 32.3 Å². The summed E-state index contributed by atoms with van der Waals surface area (Å²) in [6, 6.07) is 8.03. The molecule has 1 aromatic carbocycles. The molecular formula is C16H22N2O2. The minimum atomic E-state index is -0.162. The fourth-order valence-corrected chi connectivity index (χ4v) is 3.34. The lowest BCUT2D eigenvalue weighted by atomic mass is 9.93. The van der Waals surface area contributed by atoms with Crippen molar-refractivity contribution in [2.24, 2.45) is 5.73 Å². The van der Waals surface area contributed by atoms with Crippen LogP contribution >= 0.6 is 0 Å². The molecule has 0 aliphatic carbocycles. The molecule has 2 N–H and O–H groups in total. The molecule has 1 saturated heterocycles. The quantitative estimate of drug-likeness (QED) is 0.896. The van der Waals surface area contributed by atoms with Gasteiger partial charge >= 0.3 is 0 Å². The highest BCUT2D eigenvalue weighted by Gasteiger charge is 2.37. The number of nitrogens with two attached hydrogens (primary N) is 1. The topological polar surface area (TPSA) is 55.6 Å². The zero-order valence-corrected chi connectivity index (χ0v) is 11.9. The highest BCUT2D eigenvalue weighted by atomic mass is 16.5. The van der Waals surface area contributed by atoms with Crippen LogP contribution in [0, 0.1) is 0 Å². The molecule has 4 heteroatoms. The summed E-state index contributed by atoms with van der Waals surface area (Å²) in [7, 11) is 0. The van der Waals surface area contributed by atoms with Gasteiger partial charge < -0.3 is 15.4 Å². The van der Waals surface area contributed by atoms with Crippen LogP contribution in [0.4, 0.5) is 0 Å². The molecule has 3 rings (SSSR count). The molecule has 0 aromatic heterocycles. The van der Waals surface area contributed by atoms with Crippen LogP contribution in [0.15, 0.2) is 24.3 Å². The van der Waals surface area contributed by atoms with Crippen molar-refractivity contribution in [2.45, 2.75) is 44.2 Å². The smallest absolute Gasteiger partial charge is 0.234 e. The molecule has 0 spiro atoms. The van der Waals surface area contributed by atoms with E-state index in [0.29, 0.717) is 6.61 Å². The lowest BCUT2D eigenvalue weighted by molar-refractivity contribution is -0.137. The van der Waals surface area contributed by atoms with Crippen LogP contribution in [0.25, 0.3) is 0 Å². The largest absolute Gasteiger partial charge is 0.492 e. The number of piperidine rings is 1. The number of fused-ring (bicyclic) bond motifs is 1. The number of ether oxygens (including phenoxy) is 1. The van der Waals surface area contributed by atoms with Crippen molar-refractivity contribution in [1.82, 2.24) is 4.90 Å². The van der Waals surface area contributed by atoms with Crippen LogP contribution < -0.4 is 10.5 Å². The third-order valence-electron chi connectivity index (χ3n) is 4.44. The molecule has 0 bridgehead atoms. The first-order chi connectivity index (χ1) is 9.68.